The summed E-state index contributed by atoms with van der Waals surface area (Å²) >= 11 is 2.03. The molecule has 0 saturated heterocycles. The first kappa shape index (κ1) is 14.4. The van der Waals surface area contributed by atoms with E-state index in [0.717, 1.165) is 15.9 Å². The number of hydrogen-bond donors (Lipinski definition) is 0. The van der Waals surface area contributed by atoms with Crippen LogP contribution in [0.25, 0.3) is 0 Å². The lowest BCUT2D eigenvalue weighted by Crippen LogP contribution is -2.04. The molecule has 0 aliphatic carbocycles. The molecule has 0 aliphatic rings. The molecule has 0 bridgehead atoms. The number of esters is 2. The lowest BCUT2D eigenvalue weighted by atomic mass is 10.2. The van der Waals surface area contributed by atoms with Gasteiger partial charge in [0.1, 0.15) is 12.9 Å². The van der Waals surface area contributed by atoms with Gasteiger partial charge in [0.2, 0.25) is 0 Å². The number of hydrogen-bond acceptors (Lipinski definition) is 4. The highest BCUT2D eigenvalue weighted by Crippen LogP contribution is 2.12. The van der Waals surface area contributed by atoms with E-state index in [1.165, 1.54) is 6.08 Å². The van der Waals surface area contributed by atoms with Crippen LogP contribution in [-0.2, 0) is 14.3 Å². The van der Waals surface area contributed by atoms with Crippen molar-refractivity contribution in [2.24, 2.45) is 0 Å². The van der Waals surface area contributed by atoms with Crippen LogP contribution < -0.4 is 0 Å². The minimum absolute atomic E-state index is 0.119. The summed E-state index contributed by atoms with van der Waals surface area (Å²) in [4.78, 5) is 22.7. The van der Waals surface area contributed by atoms with E-state index in [4.69, 9.17) is 4.74 Å². The van der Waals surface area contributed by atoms with E-state index >= 15 is 0 Å². The van der Waals surface area contributed by atoms with Crippen LogP contribution >= 0.6 is 22.6 Å². The Morgan fingerprint density at radius 3 is 2.72 bits per heavy atom. The van der Waals surface area contributed by atoms with Gasteiger partial charge in [-0.1, -0.05) is 24.8 Å². The largest absolute Gasteiger partial charge is 0.458 e. The number of rotatable bonds is 5. The van der Waals surface area contributed by atoms with Crippen molar-refractivity contribution < 1.29 is 19.1 Å². The first-order valence-corrected chi connectivity index (χ1v) is 6.12. The zero-order valence-electron chi connectivity index (χ0n) is 9.47. The molecule has 0 aromatic heterocycles. The van der Waals surface area contributed by atoms with Gasteiger partial charge in [-0.3, -0.25) is 0 Å². The van der Waals surface area contributed by atoms with Gasteiger partial charge in [0.25, 0.3) is 0 Å². The Hall–Kier alpha value is -1.63. The van der Waals surface area contributed by atoms with E-state index in [1.54, 1.807) is 18.2 Å². The Balaban J connectivity index is 2.51. The summed E-state index contributed by atoms with van der Waals surface area (Å²) < 4.78 is 10.3. The lowest BCUT2D eigenvalue weighted by molar-refractivity contribution is -0.136. The number of carbonyl (C=O) groups excluding carboxylic acids is 2. The molecule has 0 atom stereocenters. The Bertz CT molecular complexity index is 480. The zero-order chi connectivity index (χ0) is 13.4. The predicted octanol–water partition coefficient (Wildman–Crippen LogP) is 2.69. The molecule has 0 heterocycles. The topological polar surface area (TPSA) is 52.6 Å². The van der Waals surface area contributed by atoms with E-state index < -0.39 is 11.9 Å². The van der Waals surface area contributed by atoms with E-state index in [0.29, 0.717) is 5.56 Å². The minimum Gasteiger partial charge on any atom is -0.458 e. The van der Waals surface area contributed by atoms with Crippen LogP contribution in [0.5, 0.6) is 0 Å². The molecule has 94 valence electrons. The van der Waals surface area contributed by atoms with Gasteiger partial charge in [-0.2, -0.15) is 0 Å². The predicted molar refractivity (Wildman–Crippen MR) is 74.9 cm³/mol. The molecule has 4 nitrogen and oxygen atoms in total. The average molecular weight is 358 g/mol. The molecule has 18 heavy (non-hydrogen) atoms. The Labute approximate surface area is 118 Å². The number of ether oxygens (including phenoxy) is 2. The summed E-state index contributed by atoms with van der Waals surface area (Å²) in [6.07, 6.45) is 3.50. The molecular formula is C13H11IO4. The second-order valence-electron chi connectivity index (χ2n) is 3.11. The van der Waals surface area contributed by atoms with Crippen molar-refractivity contribution in [3.63, 3.8) is 0 Å². The van der Waals surface area contributed by atoms with E-state index in [2.05, 4.69) is 11.3 Å². The first-order valence-electron chi connectivity index (χ1n) is 5.05. The average Bonchev–Trinajstić information content (AvgIpc) is 2.36. The fraction of sp³-hybridized carbons (Fsp3) is 0.0769. The van der Waals surface area contributed by atoms with E-state index in [1.807, 2.05) is 28.7 Å². The number of benzene rings is 1. The monoisotopic (exact) mass is 358 g/mol. The molecule has 5 heteroatoms. The van der Waals surface area contributed by atoms with Gasteiger partial charge >= 0.3 is 11.9 Å². The van der Waals surface area contributed by atoms with Crippen LogP contribution in [-0.4, -0.2) is 18.5 Å². The zero-order valence-corrected chi connectivity index (χ0v) is 11.6. The summed E-state index contributed by atoms with van der Waals surface area (Å²) in [5.74, 6) is -1.11. The third-order valence-corrected chi connectivity index (χ3v) is 2.76. The molecule has 0 amide bonds. The van der Waals surface area contributed by atoms with Crippen LogP contribution in [0.2, 0.25) is 0 Å². The maximum absolute atomic E-state index is 11.6. The highest BCUT2D eigenvalue weighted by atomic mass is 127. The Kier molecular flexibility index (Phi) is 6.13. The molecule has 1 rings (SSSR count). The molecule has 0 spiro atoms. The summed E-state index contributed by atoms with van der Waals surface area (Å²) in [6, 6.07) is 7.00. The van der Waals surface area contributed by atoms with Crippen molar-refractivity contribution in [1.82, 2.24) is 0 Å². The molecule has 0 unspecified atom stereocenters. The highest BCUT2D eigenvalue weighted by Gasteiger charge is 2.09. The fourth-order valence-corrected chi connectivity index (χ4v) is 1.64. The Morgan fingerprint density at radius 2 is 2.06 bits per heavy atom. The van der Waals surface area contributed by atoms with Gasteiger partial charge in [-0.05, 0) is 34.7 Å². The molecule has 1 aromatic carbocycles. The van der Waals surface area contributed by atoms with Crippen LogP contribution in [0.3, 0.4) is 0 Å². The number of halogens is 1. The molecule has 0 radical (unpaired) electrons. The molecule has 0 saturated carbocycles. The molecule has 0 N–H and O–H groups in total. The maximum atomic E-state index is 11.6. The van der Waals surface area contributed by atoms with Gasteiger partial charge in [-0.15, -0.1) is 0 Å². The third kappa shape index (κ3) is 4.70. The number of carbonyl (C=O) groups is 2. The Morgan fingerprint density at radius 1 is 1.33 bits per heavy atom. The quantitative estimate of drug-likeness (QED) is 0.267. The maximum Gasteiger partial charge on any atom is 0.344 e. The molecule has 1 aromatic rings. The normalized spacial score (nSPS) is 10.1. The van der Waals surface area contributed by atoms with Gasteiger partial charge in [0.05, 0.1) is 11.6 Å². The minimum atomic E-state index is -0.592. The van der Waals surface area contributed by atoms with Crippen LogP contribution in [0, 0.1) is 3.57 Å². The van der Waals surface area contributed by atoms with Crippen molar-refractivity contribution in [3.05, 3.63) is 58.4 Å². The van der Waals surface area contributed by atoms with Crippen molar-refractivity contribution in [3.8, 4) is 0 Å². The molecule has 0 fully saturated rings. The highest BCUT2D eigenvalue weighted by molar-refractivity contribution is 14.1. The fourth-order valence-electron chi connectivity index (χ4n) is 1.03. The summed E-state index contributed by atoms with van der Waals surface area (Å²) in [5.41, 5.74) is 0.446. The van der Waals surface area contributed by atoms with Gasteiger partial charge in [0, 0.05) is 3.57 Å². The SMILES string of the molecule is C=CCOC(=O)/C=C/OC(=O)c1ccccc1I. The second kappa shape index (κ2) is 7.65. The lowest BCUT2D eigenvalue weighted by Gasteiger charge is -2.01. The van der Waals surface area contributed by atoms with E-state index in [9.17, 15) is 9.59 Å². The van der Waals surface area contributed by atoms with Crippen molar-refractivity contribution >= 4 is 34.5 Å². The molecule has 0 aliphatic heterocycles. The summed E-state index contributed by atoms with van der Waals surface area (Å²) in [7, 11) is 0. The van der Waals surface area contributed by atoms with Crippen LogP contribution in [0.1, 0.15) is 10.4 Å². The van der Waals surface area contributed by atoms with Gasteiger partial charge in [0.15, 0.2) is 0 Å². The van der Waals surface area contributed by atoms with Gasteiger partial charge in [-0.25, -0.2) is 9.59 Å². The van der Waals surface area contributed by atoms with Crippen molar-refractivity contribution in [1.29, 1.82) is 0 Å². The smallest absolute Gasteiger partial charge is 0.344 e. The standard InChI is InChI=1S/C13H11IO4/c1-2-8-17-12(15)7-9-18-13(16)10-5-3-4-6-11(10)14/h2-7,9H,1,8H2/b9-7+. The second-order valence-corrected chi connectivity index (χ2v) is 4.27. The van der Waals surface area contributed by atoms with Gasteiger partial charge < -0.3 is 9.47 Å². The van der Waals surface area contributed by atoms with Crippen LogP contribution in [0.4, 0.5) is 0 Å². The van der Waals surface area contributed by atoms with Crippen LogP contribution in [0.15, 0.2) is 49.3 Å². The third-order valence-electron chi connectivity index (χ3n) is 1.82. The first-order chi connectivity index (χ1) is 8.65. The molecular weight excluding hydrogens is 347 g/mol. The summed E-state index contributed by atoms with van der Waals surface area (Å²) in [5, 5.41) is 0. The van der Waals surface area contributed by atoms with E-state index in [-0.39, 0.29) is 6.61 Å². The van der Waals surface area contributed by atoms with Crippen molar-refractivity contribution in [2.75, 3.05) is 6.61 Å². The summed E-state index contributed by atoms with van der Waals surface area (Å²) in [6.45, 7) is 3.52. The van der Waals surface area contributed by atoms with Crippen molar-refractivity contribution in [2.45, 2.75) is 0 Å².